The second kappa shape index (κ2) is 6.68. The second-order valence-electron chi connectivity index (χ2n) is 3.00. The highest BCUT2D eigenvalue weighted by Crippen LogP contribution is 2.06. The van der Waals surface area contributed by atoms with E-state index in [1.54, 1.807) is 6.20 Å². The Labute approximate surface area is 88.1 Å². The minimum atomic E-state index is 0.205. The van der Waals surface area contributed by atoms with Crippen molar-refractivity contribution in [2.24, 2.45) is 0 Å². The monoisotopic (exact) mass is 213 g/mol. The lowest BCUT2D eigenvalue weighted by Crippen LogP contribution is -2.07. The first-order valence-corrected chi connectivity index (χ1v) is 5.68. The average Bonchev–Trinajstić information content (AvgIpc) is 2.65. The molecule has 0 aromatic carbocycles. The summed E-state index contributed by atoms with van der Waals surface area (Å²) in [5, 5.41) is 2.78. The van der Waals surface area contributed by atoms with Crippen LogP contribution in [0.2, 0.25) is 0 Å². The zero-order valence-electron chi connectivity index (χ0n) is 8.36. The van der Waals surface area contributed by atoms with Gasteiger partial charge in [0.1, 0.15) is 5.78 Å². The number of hydrogen-bond donors (Lipinski definition) is 0. The maximum atomic E-state index is 11.4. The molecule has 14 heavy (non-hydrogen) atoms. The fraction of sp³-hybridized carbons (Fsp3) is 0.600. The molecule has 1 heterocycles. The number of nitrogens with zero attached hydrogens (tertiary/aromatic N) is 1. The van der Waals surface area contributed by atoms with E-state index < -0.39 is 0 Å². The van der Waals surface area contributed by atoms with Crippen molar-refractivity contribution < 1.29 is 9.53 Å². The van der Waals surface area contributed by atoms with Crippen molar-refractivity contribution in [1.82, 2.24) is 4.98 Å². The van der Waals surface area contributed by atoms with Gasteiger partial charge in [-0.3, -0.25) is 4.79 Å². The van der Waals surface area contributed by atoms with Crippen LogP contribution in [0.5, 0.6) is 0 Å². The summed E-state index contributed by atoms with van der Waals surface area (Å²) in [6.07, 6.45) is 3.67. The Hall–Kier alpha value is -0.740. The lowest BCUT2D eigenvalue weighted by Gasteiger charge is -2.00. The standard InChI is InChI=1S/C10H15NO2S/c1-2-5-13-6-3-9(12)8-10-11-4-7-14-10/h4,7H,2-3,5-6,8H2,1H3. The van der Waals surface area contributed by atoms with Crippen LogP contribution in [-0.4, -0.2) is 24.0 Å². The maximum absolute atomic E-state index is 11.4. The van der Waals surface area contributed by atoms with Crippen molar-refractivity contribution in [3.63, 3.8) is 0 Å². The molecule has 0 spiro atoms. The largest absolute Gasteiger partial charge is 0.381 e. The van der Waals surface area contributed by atoms with Crippen molar-refractivity contribution in [3.8, 4) is 0 Å². The summed E-state index contributed by atoms with van der Waals surface area (Å²) in [7, 11) is 0. The van der Waals surface area contributed by atoms with Crippen LogP contribution in [0.25, 0.3) is 0 Å². The maximum Gasteiger partial charge on any atom is 0.141 e. The second-order valence-corrected chi connectivity index (χ2v) is 3.98. The number of rotatable bonds is 7. The van der Waals surface area contributed by atoms with Gasteiger partial charge in [0.25, 0.3) is 0 Å². The fourth-order valence-electron chi connectivity index (χ4n) is 1.03. The van der Waals surface area contributed by atoms with Gasteiger partial charge >= 0.3 is 0 Å². The van der Waals surface area contributed by atoms with Gasteiger partial charge in [0.15, 0.2) is 0 Å². The molecule has 4 heteroatoms. The van der Waals surface area contributed by atoms with Gasteiger partial charge in [0, 0.05) is 24.6 Å². The molecular weight excluding hydrogens is 198 g/mol. The van der Waals surface area contributed by atoms with Crippen LogP contribution in [0.4, 0.5) is 0 Å². The van der Waals surface area contributed by atoms with Gasteiger partial charge in [-0.1, -0.05) is 6.92 Å². The van der Waals surface area contributed by atoms with Gasteiger partial charge in [0.2, 0.25) is 0 Å². The van der Waals surface area contributed by atoms with E-state index in [0.29, 0.717) is 19.4 Å². The van der Waals surface area contributed by atoms with Gasteiger partial charge in [-0.2, -0.15) is 0 Å². The Bertz CT molecular complexity index is 259. The van der Waals surface area contributed by atoms with E-state index in [1.165, 1.54) is 11.3 Å². The van der Waals surface area contributed by atoms with E-state index in [9.17, 15) is 4.79 Å². The molecule has 0 amide bonds. The predicted molar refractivity (Wildman–Crippen MR) is 56.6 cm³/mol. The summed E-state index contributed by atoms with van der Waals surface area (Å²) in [5.74, 6) is 0.205. The highest BCUT2D eigenvalue weighted by atomic mass is 32.1. The Morgan fingerprint density at radius 2 is 2.43 bits per heavy atom. The number of carbonyl (C=O) groups is 1. The summed E-state index contributed by atoms with van der Waals surface area (Å²) in [6, 6.07) is 0. The van der Waals surface area contributed by atoms with E-state index >= 15 is 0 Å². The molecule has 0 aliphatic heterocycles. The van der Waals surface area contributed by atoms with Crippen LogP contribution in [0.1, 0.15) is 24.8 Å². The normalized spacial score (nSPS) is 10.4. The molecule has 0 saturated heterocycles. The first-order valence-electron chi connectivity index (χ1n) is 4.80. The van der Waals surface area contributed by atoms with Crippen molar-refractivity contribution >= 4 is 17.1 Å². The lowest BCUT2D eigenvalue weighted by atomic mass is 10.2. The number of thiazole rings is 1. The Morgan fingerprint density at radius 1 is 1.57 bits per heavy atom. The van der Waals surface area contributed by atoms with Crippen LogP contribution in [-0.2, 0) is 16.0 Å². The number of carbonyl (C=O) groups excluding carboxylic acids is 1. The van der Waals surface area contributed by atoms with Crippen molar-refractivity contribution in [1.29, 1.82) is 0 Å². The first kappa shape index (κ1) is 11.3. The summed E-state index contributed by atoms with van der Waals surface area (Å²) >= 11 is 1.52. The predicted octanol–water partition coefficient (Wildman–Crippen LogP) is 2.07. The number of ether oxygens (including phenoxy) is 1. The summed E-state index contributed by atoms with van der Waals surface area (Å²) in [5.41, 5.74) is 0. The SMILES string of the molecule is CCCOCCC(=O)Cc1nccs1. The minimum absolute atomic E-state index is 0.205. The molecule has 1 aromatic rings. The molecule has 78 valence electrons. The zero-order chi connectivity index (χ0) is 10.2. The summed E-state index contributed by atoms with van der Waals surface area (Å²) in [6.45, 7) is 3.33. The van der Waals surface area contributed by atoms with E-state index in [-0.39, 0.29) is 5.78 Å². The molecule has 0 fully saturated rings. The van der Waals surface area contributed by atoms with E-state index in [0.717, 1.165) is 18.0 Å². The van der Waals surface area contributed by atoms with E-state index in [1.807, 2.05) is 5.38 Å². The molecule has 0 N–H and O–H groups in total. The number of aromatic nitrogens is 1. The quantitative estimate of drug-likeness (QED) is 0.651. The lowest BCUT2D eigenvalue weighted by molar-refractivity contribution is -0.119. The fourth-order valence-corrected chi connectivity index (χ4v) is 1.67. The van der Waals surface area contributed by atoms with Crippen molar-refractivity contribution in [2.75, 3.05) is 13.2 Å². The van der Waals surface area contributed by atoms with E-state index in [2.05, 4.69) is 11.9 Å². The molecule has 3 nitrogen and oxygen atoms in total. The number of Topliss-reactive ketones (excluding diaryl/α,β-unsaturated/α-hetero) is 1. The molecular formula is C10H15NO2S. The van der Waals surface area contributed by atoms with Gasteiger partial charge in [-0.25, -0.2) is 4.98 Å². The summed E-state index contributed by atoms with van der Waals surface area (Å²) in [4.78, 5) is 15.4. The van der Waals surface area contributed by atoms with Crippen LogP contribution in [0, 0.1) is 0 Å². The molecule has 0 saturated carbocycles. The molecule has 0 aliphatic rings. The van der Waals surface area contributed by atoms with Crippen molar-refractivity contribution in [3.05, 3.63) is 16.6 Å². The molecule has 1 rings (SSSR count). The Kier molecular flexibility index (Phi) is 5.40. The molecule has 0 unspecified atom stereocenters. The van der Waals surface area contributed by atoms with Gasteiger partial charge in [-0.05, 0) is 6.42 Å². The molecule has 1 aromatic heterocycles. The molecule has 0 bridgehead atoms. The van der Waals surface area contributed by atoms with Gasteiger partial charge in [0.05, 0.1) is 18.0 Å². The van der Waals surface area contributed by atoms with Gasteiger partial charge in [-0.15, -0.1) is 11.3 Å². The number of hydrogen-bond acceptors (Lipinski definition) is 4. The van der Waals surface area contributed by atoms with Crippen LogP contribution in [0.15, 0.2) is 11.6 Å². The Morgan fingerprint density at radius 3 is 3.07 bits per heavy atom. The zero-order valence-corrected chi connectivity index (χ0v) is 9.18. The molecule has 0 aliphatic carbocycles. The van der Waals surface area contributed by atoms with Crippen molar-refractivity contribution in [2.45, 2.75) is 26.2 Å². The minimum Gasteiger partial charge on any atom is -0.381 e. The Balaban J connectivity index is 2.11. The third-order valence-corrected chi connectivity index (χ3v) is 2.49. The third-order valence-electron chi connectivity index (χ3n) is 1.71. The van der Waals surface area contributed by atoms with Gasteiger partial charge < -0.3 is 4.74 Å². The third kappa shape index (κ3) is 4.48. The summed E-state index contributed by atoms with van der Waals surface area (Å²) < 4.78 is 5.23. The topological polar surface area (TPSA) is 39.2 Å². The van der Waals surface area contributed by atoms with E-state index in [4.69, 9.17) is 4.74 Å². The highest BCUT2D eigenvalue weighted by molar-refractivity contribution is 7.09. The van der Waals surface area contributed by atoms with Crippen LogP contribution < -0.4 is 0 Å². The molecule has 0 radical (unpaired) electrons. The number of ketones is 1. The van der Waals surface area contributed by atoms with Crippen LogP contribution >= 0.6 is 11.3 Å². The molecule has 0 atom stereocenters. The average molecular weight is 213 g/mol. The first-order chi connectivity index (χ1) is 6.83. The smallest absolute Gasteiger partial charge is 0.141 e. The van der Waals surface area contributed by atoms with Crippen LogP contribution in [0.3, 0.4) is 0 Å². The highest BCUT2D eigenvalue weighted by Gasteiger charge is 2.05.